The van der Waals surface area contributed by atoms with E-state index < -0.39 is 0 Å². The molecule has 4 rings (SSSR count). The van der Waals surface area contributed by atoms with E-state index in [0.717, 1.165) is 28.8 Å². The number of aryl methyl sites for hydroxylation is 3. The van der Waals surface area contributed by atoms with Gasteiger partial charge in [-0.05, 0) is 62.1 Å². The number of pyridine rings is 1. The summed E-state index contributed by atoms with van der Waals surface area (Å²) in [6.07, 6.45) is 3.67. The zero-order valence-corrected chi connectivity index (χ0v) is 17.3. The van der Waals surface area contributed by atoms with Crippen LogP contribution in [0.2, 0.25) is 0 Å². The Labute approximate surface area is 170 Å². The van der Waals surface area contributed by atoms with E-state index in [2.05, 4.69) is 55.4 Å². The van der Waals surface area contributed by atoms with Gasteiger partial charge < -0.3 is 9.30 Å². The van der Waals surface area contributed by atoms with Crippen LogP contribution < -0.4 is 4.74 Å². The molecule has 0 saturated heterocycles. The first-order valence-electron chi connectivity index (χ1n) is 9.81. The summed E-state index contributed by atoms with van der Waals surface area (Å²) in [7, 11) is 0. The number of fused-ring (bicyclic) bond motifs is 1. The molecule has 0 aliphatic rings. The minimum Gasteiger partial charge on any atom is -0.485 e. The molecule has 0 radical (unpaired) electrons. The smallest absolute Gasteiger partial charge is 0.162 e. The Bertz CT molecular complexity index is 1180. The highest BCUT2D eigenvalue weighted by Gasteiger charge is 2.17. The van der Waals surface area contributed by atoms with Gasteiger partial charge in [0.05, 0.1) is 11.7 Å². The van der Waals surface area contributed by atoms with E-state index in [9.17, 15) is 4.39 Å². The number of benzene rings is 2. The first kappa shape index (κ1) is 19.2. The van der Waals surface area contributed by atoms with Crippen molar-refractivity contribution >= 4 is 10.9 Å². The third kappa shape index (κ3) is 3.75. The average Bonchev–Trinajstić information content (AvgIpc) is 2.96. The summed E-state index contributed by atoms with van der Waals surface area (Å²) in [6.45, 7) is 9.69. The molecule has 0 unspecified atom stereocenters. The SMILES string of the molecule is Cc1ccc(C)c(Cn2c(C)c(C)c3cncc(OCc4ccc(F)cc4)c32)c1. The van der Waals surface area contributed by atoms with Gasteiger partial charge >= 0.3 is 0 Å². The molecule has 2 aromatic carbocycles. The topological polar surface area (TPSA) is 27.1 Å². The maximum absolute atomic E-state index is 13.2. The lowest BCUT2D eigenvalue weighted by Crippen LogP contribution is -2.06. The number of nitrogens with zero attached hydrogens (tertiary/aromatic N) is 2. The fourth-order valence-electron chi connectivity index (χ4n) is 3.74. The Hall–Kier alpha value is -3.14. The number of hydrogen-bond donors (Lipinski definition) is 0. The molecule has 0 aliphatic carbocycles. The van der Waals surface area contributed by atoms with Gasteiger partial charge in [0.2, 0.25) is 0 Å². The van der Waals surface area contributed by atoms with Gasteiger partial charge in [-0.3, -0.25) is 4.98 Å². The molecule has 0 bridgehead atoms. The standard InChI is InChI=1S/C25H25FN2O/c1-16-5-6-17(2)21(11-16)14-28-19(4)18(3)23-12-27-13-24(25(23)28)29-15-20-7-9-22(26)10-8-20/h5-13H,14-15H2,1-4H3. The highest BCUT2D eigenvalue weighted by Crippen LogP contribution is 2.33. The van der Waals surface area contributed by atoms with E-state index in [4.69, 9.17) is 4.74 Å². The second-order valence-electron chi connectivity index (χ2n) is 7.68. The molecule has 0 atom stereocenters. The van der Waals surface area contributed by atoms with Gasteiger partial charge in [0.15, 0.2) is 5.75 Å². The third-order valence-electron chi connectivity index (χ3n) is 5.65. The van der Waals surface area contributed by atoms with Crippen molar-refractivity contribution in [2.24, 2.45) is 0 Å². The molecule has 3 nitrogen and oxygen atoms in total. The van der Waals surface area contributed by atoms with Crippen LogP contribution in [0.4, 0.5) is 4.39 Å². The summed E-state index contributed by atoms with van der Waals surface area (Å²) >= 11 is 0. The van der Waals surface area contributed by atoms with E-state index >= 15 is 0 Å². The maximum Gasteiger partial charge on any atom is 0.162 e. The molecule has 0 saturated carbocycles. The number of ether oxygens (including phenoxy) is 1. The van der Waals surface area contributed by atoms with Crippen molar-refractivity contribution in [1.82, 2.24) is 9.55 Å². The van der Waals surface area contributed by atoms with E-state index in [1.807, 2.05) is 6.20 Å². The average molecular weight is 388 g/mol. The number of aromatic nitrogens is 2. The zero-order valence-electron chi connectivity index (χ0n) is 17.3. The Morgan fingerprint density at radius 1 is 0.966 bits per heavy atom. The molecular formula is C25H25FN2O. The second-order valence-corrected chi connectivity index (χ2v) is 7.68. The lowest BCUT2D eigenvalue weighted by Gasteiger charge is -2.14. The van der Waals surface area contributed by atoms with Crippen LogP contribution >= 0.6 is 0 Å². The fraction of sp³-hybridized carbons (Fsp3) is 0.240. The zero-order chi connectivity index (χ0) is 20.5. The highest BCUT2D eigenvalue weighted by molar-refractivity contribution is 5.89. The molecule has 4 heteroatoms. The van der Waals surface area contributed by atoms with Gasteiger partial charge in [-0.2, -0.15) is 0 Å². The summed E-state index contributed by atoms with van der Waals surface area (Å²) in [5.41, 5.74) is 8.22. The van der Waals surface area contributed by atoms with Crippen LogP contribution in [0.1, 0.15) is 33.5 Å². The first-order valence-corrected chi connectivity index (χ1v) is 9.81. The molecule has 2 aromatic heterocycles. The van der Waals surface area contributed by atoms with Crippen molar-refractivity contribution in [3.63, 3.8) is 0 Å². The van der Waals surface area contributed by atoms with Crippen molar-refractivity contribution in [2.45, 2.75) is 40.8 Å². The van der Waals surface area contributed by atoms with Gasteiger partial charge in [-0.1, -0.05) is 35.9 Å². The molecule has 0 aliphatic heterocycles. The van der Waals surface area contributed by atoms with Crippen LogP contribution in [-0.2, 0) is 13.2 Å². The Morgan fingerprint density at radius 3 is 2.48 bits per heavy atom. The van der Waals surface area contributed by atoms with Crippen LogP contribution in [0.3, 0.4) is 0 Å². The fourth-order valence-corrected chi connectivity index (χ4v) is 3.74. The van der Waals surface area contributed by atoms with Crippen LogP contribution in [0.5, 0.6) is 5.75 Å². The summed E-state index contributed by atoms with van der Waals surface area (Å²) in [5, 5.41) is 1.10. The molecule has 0 N–H and O–H groups in total. The molecule has 4 aromatic rings. The number of hydrogen-bond acceptors (Lipinski definition) is 2. The Morgan fingerprint density at radius 2 is 1.72 bits per heavy atom. The second kappa shape index (κ2) is 7.70. The van der Waals surface area contributed by atoms with E-state index in [1.165, 1.54) is 40.1 Å². The van der Waals surface area contributed by atoms with Crippen LogP contribution in [-0.4, -0.2) is 9.55 Å². The van der Waals surface area contributed by atoms with Crippen molar-refractivity contribution in [1.29, 1.82) is 0 Å². The molecular weight excluding hydrogens is 363 g/mol. The van der Waals surface area contributed by atoms with Crippen molar-refractivity contribution < 1.29 is 9.13 Å². The molecule has 2 heterocycles. The minimum absolute atomic E-state index is 0.244. The highest BCUT2D eigenvalue weighted by atomic mass is 19.1. The molecule has 29 heavy (non-hydrogen) atoms. The number of rotatable bonds is 5. The predicted octanol–water partition coefficient (Wildman–Crippen LogP) is 6.04. The quantitative estimate of drug-likeness (QED) is 0.417. The van der Waals surface area contributed by atoms with Crippen molar-refractivity contribution in [3.05, 3.63) is 94.2 Å². The maximum atomic E-state index is 13.2. The largest absolute Gasteiger partial charge is 0.485 e. The summed E-state index contributed by atoms with van der Waals surface area (Å²) < 4.78 is 21.6. The molecule has 148 valence electrons. The van der Waals surface area contributed by atoms with Gasteiger partial charge in [-0.25, -0.2) is 4.39 Å². The summed E-state index contributed by atoms with van der Waals surface area (Å²) in [5.74, 6) is 0.500. The van der Waals surface area contributed by atoms with E-state index in [0.29, 0.717) is 6.61 Å². The predicted molar refractivity (Wildman–Crippen MR) is 115 cm³/mol. The third-order valence-corrected chi connectivity index (χ3v) is 5.65. The summed E-state index contributed by atoms with van der Waals surface area (Å²) in [6, 6.07) is 13.0. The van der Waals surface area contributed by atoms with Gasteiger partial charge in [0, 0.05) is 23.8 Å². The number of halogens is 1. The van der Waals surface area contributed by atoms with Crippen LogP contribution in [0.25, 0.3) is 10.9 Å². The molecule has 0 spiro atoms. The van der Waals surface area contributed by atoms with Gasteiger partial charge in [0.1, 0.15) is 12.4 Å². The minimum atomic E-state index is -0.244. The Kier molecular flexibility index (Phi) is 5.10. The van der Waals surface area contributed by atoms with Gasteiger partial charge in [-0.15, -0.1) is 0 Å². The molecule has 0 amide bonds. The monoisotopic (exact) mass is 388 g/mol. The summed E-state index contributed by atoms with van der Waals surface area (Å²) in [4.78, 5) is 4.39. The Balaban J connectivity index is 1.75. The van der Waals surface area contributed by atoms with Crippen molar-refractivity contribution in [3.8, 4) is 5.75 Å². The lowest BCUT2D eigenvalue weighted by molar-refractivity contribution is 0.307. The van der Waals surface area contributed by atoms with Crippen molar-refractivity contribution in [2.75, 3.05) is 0 Å². The first-order chi connectivity index (χ1) is 13.9. The van der Waals surface area contributed by atoms with E-state index in [1.54, 1.807) is 18.3 Å². The molecule has 0 fully saturated rings. The lowest BCUT2D eigenvalue weighted by atomic mass is 10.1. The van der Waals surface area contributed by atoms with E-state index in [-0.39, 0.29) is 5.82 Å². The van der Waals surface area contributed by atoms with Gasteiger partial charge in [0.25, 0.3) is 0 Å². The van der Waals surface area contributed by atoms with Crippen LogP contribution in [0, 0.1) is 33.5 Å². The normalized spacial score (nSPS) is 11.2. The van der Waals surface area contributed by atoms with Crippen LogP contribution in [0.15, 0.2) is 54.9 Å².